The van der Waals surface area contributed by atoms with Crippen molar-refractivity contribution in [2.24, 2.45) is 7.05 Å². The molecular weight excluding hydrogens is 421 g/mol. The predicted octanol–water partition coefficient (Wildman–Crippen LogP) is 5.21. The molecule has 2 fully saturated rings. The molecule has 0 bridgehead atoms. The van der Waals surface area contributed by atoms with Gasteiger partial charge in [0.05, 0.1) is 12.7 Å². The van der Waals surface area contributed by atoms with Gasteiger partial charge in [0.25, 0.3) is 0 Å². The van der Waals surface area contributed by atoms with Crippen LogP contribution in [-0.4, -0.2) is 50.7 Å². The zero-order valence-electron chi connectivity index (χ0n) is 16.0. The van der Waals surface area contributed by atoms with Crippen LogP contribution in [0.3, 0.4) is 0 Å². The normalized spacial score (nSPS) is 20.0. The summed E-state index contributed by atoms with van der Waals surface area (Å²) in [5.74, 6) is -2.60. The van der Waals surface area contributed by atoms with Crippen LogP contribution in [0.25, 0.3) is 11.1 Å². The molecule has 156 valence electrons. The molecular formula is C20H22Cl2F2N4O. The van der Waals surface area contributed by atoms with Crippen molar-refractivity contribution in [1.82, 2.24) is 19.6 Å². The van der Waals surface area contributed by atoms with Crippen LogP contribution in [-0.2, 0) is 13.6 Å². The van der Waals surface area contributed by atoms with Gasteiger partial charge in [-0.25, -0.2) is 13.6 Å². The first-order chi connectivity index (χ1) is 13.7. The molecule has 9 heteroatoms. The average Bonchev–Trinajstić information content (AvgIpc) is 3.24. The summed E-state index contributed by atoms with van der Waals surface area (Å²) in [5, 5.41) is 5.13. The number of rotatable bonds is 4. The molecule has 2 aromatic rings. The lowest BCUT2D eigenvalue weighted by molar-refractivity contribution is -0.0484. The summed E-state index contributed by atoms with van der Waals surface area (Å²) in [6.45, 7) is 1.37. The minimum Gasteiger partial charge on any atom is -0.320 e. The molecule has 1 saturated heterocycles. The molecule has 0 atom stereocenters. The van der Waals surface area contributed by atoms with Crippen LogP contribution in [0.15, 0.2) is 24.5 Å². The predicted molar refractivity (Wildman–Crippen MR) is 108 cm³/mol. The van der Waals surface area contributed by atoms with Crippen LogP contribution in [0.4, 0.5) is 13.6 Å². The van der Waals surface area contributed by atoms with Crippen LogP contribution in [0.1, 0.15) is 31.2 Å². The number of alkyl halides is 2. The van der Waals surface area contributed by atoms with E-state index in [0.29, 0.717) is 48.1 Å². The van der Waals surface area contributed by atoms with E-state index in [0.717, 1.165) is 11.1 Å². The first kappa shape index (κ1) is 20.4. The van der Waals surface area contributed by atoms with Crippen LogP contribution in [0.5, 0.6) is 0 Å². The highest BCUT2D eigenvalue weighted by molar-refractivity contribution is 6.36. The van der Waals surface area contributed by atoms with E-state index in [-0.39, 0.29) is 24.9 Å². The van der Waals surface area contributed by atoms with Gasteiger partial charge in [-0.1, -0.05) is 23.2 Å². The van der Waals surface area contributed by atoms with Gasteiger partial charge in [0.15, 0.2) is 0 Å². The third-order valence-electron chi connectivity index (χ3n) is 5.78. The summed E-state index contributed by atoms with van der Waals surface area (Å²) < 4.78 is 28.5. The van der Waals surface area contributed by atoms with E-state index in [4.69, 9.17) is 23.2 Å². The number of aromatic nitrogens is 2. The molecule has 1 aromatic heterocycles. The van der Waals surface area contributed by atoms with Gasteiger partial charge in [-0.15, -0.1) is 0 Å². The number of urea groups is 1. The zero-order chi connectivity index (χ0) is 20.8. The Morgan fingerprint density at radius 1 is 1.14 bits per heavy atom. The Morgan fingerprint density at radius 2 is 1.79 bits per heavy atom. The van der Waals surface area contributed by atoms with Gasteiger partial charge in [0, 0.05) is 66.4 Å². The maximum Gasteiger partial charge on any atom is 0.320 e. The van der Waals surface area contributed by atoms with Crippen molar-refractivity contribution in [1.29, 1.82) is 0 Å². The zero-order valence-corrected chi connectivity index (χ0v) is 17.6. The summed E-state index contributed by atoms with van der Waals surface area (Å²) in [5.41, 5.74) is 2.45. The lowest BCUT2D eigenvalue weighted by Crippen LogP contribution is -2.43. The van der Waals surface area contributed by atoms with Crippen molar-refractivity contribution in [2.45, 2.75) is 44.2 Å². The Bertz CT molecular complexity index is 900. The number of nitrogens with zero attached hydrogens (tertiary/aromatic N) is 4. The van der Waals surface area contributed by atoms with E-state index in [9.17, 15) is 13.6 Å². The molecule has 1 aliphatic heterocycles. The molecule has 1 saturated carbocycles. The van der Waals surface area contributed by atoms with Crippen molar-refractivity contribution in [3.63, 3.8) is 0 Å². The number of aryl methyl sites for hydroxylation is 1. The highest BCUT2D eigenvalue weighted by atomic mass is 35.5. The maximum atomic E-state index is 13.4. The smallest absolute Gasteiger partial charge is 0.320 e. The standard InChI is InChI=1S/C20H22Cl2F2N4O/c1-26-11-14(10-25-26)13-8-17(21)16(18(22)9-13)12-27-6-7-28(19(27)29)15-2-4-20(23,24)5-3-15/h8-11,15H,2-7,12H2,1H3. The van der Waals surface area contributed by atoms with Crippen molar-refractivity contribution in [3.8, 4) is 11.1 Å². The number of benzene rings is 1. The first-order valence-electron chi connectivity index (χ1n) is 9.64. The van der Waals surface area contributed by atoms with Crippen LogP contribution >= 0.6 is 23.2 Å². The van der Waals surface area contributed by atoms with E-state index < -0.39 is 5.92 Å². The Kier molecular flexibility index (Phi) is 5.46. The van der Waals surface area contributed by atoms with Gasteiger partial charge in [-0.05, 0) is 30.5 Å². The highest BCUT2D eigenvalue weighted by Gasteiger charge is 2.41. The number of carbonyl (C=O) groups is 1. The van der Waals surface area contributed by atoms with Crippen LogP contribution in [0.2, 0.25) is 10.0 Å². The fraction of sp³-hybridized carbons (Fsp3) is 0.500. The summed E-state index contributed by atoms with van der Waals surface area (Å²) in [4.78, 5) is 16.3. The Balaban J connectivity index is 1.46. The Labute approximate surface area is 178 Å². The van der Waals surface area contributed by atoms with Gasteiger partial charge in [-0.2, -0.15) is 5.10 Å². The maximum absolute atomic E-state index is 13.4. The molecule has 0 unspecified atom stereocenters. The van der Waals surface area contributed by atoms with Crippen LogP contribution < -0.4 is 0 Å². The minimum absolute atomic E-state index is 0.119. The van der Waals surface area contributed by atoms with Crippen molar-refractivity contribution < 1.29 is 13.6 Å². The topological polar surface area (TPSA) is 41.4 Å². The van der Waals surface area contributed by atoms with Crippen molar-refractivity contribution in [2.75, 3.05) is 13.1 Å². The first-order valence-corrected chi connectivity index (χ1v) is 10.4. The lowest BCUT2D eigenvalue weighted by atomic mass is 9.91. The molecule has 0 radical (unpaired) electrons. The minimum atomic E-state index is -2.60. The third kappa shape index (κ3) is 4.21. The SMILES string of the molecule is Cn1cc(-c2cc(Cl)c(CN3CCN(C4CCC(F)(F)CC4)C3=O)c(Cl)c2)cn1. The molecule has 2 heterocycles. The molecule has 2 amide bonds. The second kappa shape index (κ2) is 7.76. The fourth-order valence-corrected chi connectivity index (χ4v) is 4.71. The summed E-state index contributed by atoms with van der Waals surface area (Å²) >= 11 is 13.0. The quantitative estimate of drug-likeness (QED) is 0.651. The number of amides is 2. The van der Waals surface area contributed by atoms with E-state index in [2.05, 4.69) is 5.10 Å². The Morgan fingerprint density at radius 3 is 2.38 bits per heavy atom. The third-order valence-corrected chi connectivity index (χ3v) is 6.46. The lowest BCUT2D eigenvalue weighted by Gasteiger charge is -2.34. The van der Waals surface area contributed by atoms with E-state index in [1.54, 1.807) is 20.7 Å². The van der Waals surface area contributed by atoms with Gasteiger partial charge >= 0.3 is 6.03 Å². The number of hydrogen-bond acceptors (Lipinski definition) is 2. The number of hydrogen-bond donors (Lipinski definition) is 0. The average molecular weight is 443 g/mol. The van der Waals surface area contributed by atoms with Crippen LogP contribution in [0, 0.1) is 0 Å². The number of carbonyl (C=O) groups excluding carboxylic acids is 1. The summed E-state index contributed by atoms with van der Waals surface area (Å²) in [6.07, 6.45) is 3.97. The monoisotopic (exact) mass is 442 g/mol. The molecule has 0 N–H and O–H groups in total. The summed E-state index contributed by atoms with van der Waals surface area (Å²) in [7, 11) is 1.83. The van der Waals surface area contributed by atoms with E-state index >= 15 is 0 Å². The molecule has 29 heavy (non-hydrogen) atoms. The molecule has 0 spiro atoms. The summed E-state index contributed by atoms with van der Waals surface area (Å²) in [6, 6.07) is 3.39. The van der Waals surface area contributed by atoms with Crippen molar-refractivity contribution in [3.05, 3.63) is 40.1 Å². The largest absolute Gasteiger partial charge is 0.320 e. The molecule has 5 nitrogen and oxygen atoms in total. The second-order valence-electron chi connectivity index (χ2n) is 7.81. The number of halogens is 4. The van der Waals surface area contributed by atoms with Crippen molar-refractivity contribution >= 4 is 29.2 Å². The van der Waals surface area contributed by atoms with E-state index in [1.807, 2.05) is 25.4 Å². The van der Waals surface area contributed by atoms with Gasteiger partial charge < -0.3 is 9.80 Å². The molecule has 4 rings (SSSR count). The Hall–Kier alpha value is -1.86. The highest BCUT2D eigenvalue weighted by Crippen LogP contribution is 2.37. The fourth-order valence-electron chi connectivity index (χ4n) is 4.11. The molecule has 1 aromatic carbocycles. The van der Waals surface area contributed by atoms with E-state index in [1.165, 1.54) is 0 Å². The second-order valence-corrected chi connectivity index (χ2v) is 8.62. The van der Waals surface area contributed by atoms with Gasteiger partial charge in [-0.3, -0.25) is 4.68 Å². The molecule has 2 aliphatic rings. The van der Waals surface area contributed by atoms with Gasteiger partial charge in [0.1, 0.15) is 0 Å². The molecule has 1 aliphatic carbocycles. The van der Waals surface area contributed by atoms with Gasteiger partial charge in [0.2, 0.25) is 5.92 Å².